The van der Waals surface area contributed by atoms with E-state index in [2.05, 4.69) is 15.6 Å². The van der Waals surface area contributed by atoms with Crippen molar-refractivity contribution in [1.29, 1.82) is 0 Å². The van der Waals surface area contributed by atoms with Crippen LogP contribution in [0.3, 0.4) is 0 Å². The van der Waals surface area contributed by atoms with Gasteiger partial charge in [-0.25, -0.2) is 4.98 Å². The molecule has 1 aliphatic rings. The van der Waals surface area contributed by atoms with Gasteiger partial charge in [-0.2, -0.15) is 0 Å². The summed E-state index contributed by atoms with van der Waals surface area (Å²) >= 11 is 1.65. The molecule has 0 unspecified atom stereocenters. The Balaban J connectivity index is 1.43. The molecule has 1 aromatic carbocycles. The van der Waals surface area contributed by atoms with Crippen molar-refractivity contribution in [2.45, 2.75) is 38.5 Å². The number of aromatic nitrogens is 2. The Hall–Kier alpha value is -2.67. The van der Waals surface area contributed by atoms with Crippen LogP contribution < -0.4 is 15.4 Å². The van der Waals surface area contributed by atoms with E-state index in [4.69, 9.17) is 9.72 Å². The van der Waals surface area contributed by atoms with Crippen LogP contribution in [0.5, 0.6) is 11.5 Å². The van der Waals surface area contributed by atoms with E-state index in [0.29, 0.717) is 17.2 Å². The number of carbonyl (C=O) groups is 1. The maximum Gasteiger partial charge on any atom is 0.269 e. The number of fused-ring (bicyclic) bond motifs is 1. The highest BCUT2D eigenvalue weighted by Gasteiger charge is 2.13. The van der Waals surface area contributed by atoms with Gasteiger partial charge in [0.2, 0.25) is 0 Å². The summed E-state index contributed by atoms with van der Waals surface area (Å²) in [5.74, 6) is 1.81. The van der Waals surface area contributed by atoms with Gasteiger partial charge in [-0.05, 0) is 37.0 Å². The summed E-state index contributed by atoms with van der Waals surface area (Å²) < 4.78 is 7.01. The minimum absolute atomic E-state index is 0.238. The molecule has 6 nitrogen and oxygen atoms in total. The van der Waals surface area contributed by atoms with E-state index >= 15 is 0 Å². The standard InChI is InChI=1S/C22H26N4O2S/c1-23-21(27)19-12-17(10-11-24-19)28-16-8-9-18-20(13-16)29-22(26-18)25-14-15-6-4-2-3-5-7-15/h8-13,15H,2-7,14H2,1H3,(H,23,27)(H,25,26). The highest BCUT2D eigenvalue weighted by molar-refractivity contribution is 7.22. The first-order valence-electron chi connectivity index (χ1n) is 10.2. The lowest BCUT2D eigenvalue weighted by atomic mass is 10.0. The normalized spacial score (nSPS) is 15.1. The predicted molar refractivity (Wildman–Crippen MR) is 117 cm³/mol. The van der Waals surface area contributed by atoms with Crippen LogP contribution in [0.15, 0.2) is 36.5 Å². The molecule has 0 aliphatic heterocycles. The molecular weight excluding hydrogens is 384 g/mol. The molecule has 1 aliphatic carbocycles. The summed E-state index contributed by atoms with van der Waals surface area (Å²) in [6.45, 7) is 1.00. The second-order valence-corrected chi connectivity index (χ2v) is 8.48. The smallest absolute Gasteiger partial charge is 0.269 e. The minimum atomic E-state index is -0.238. The third-order valence-corrected chi connectivity index (χ3v) is 6.28. The van der Waals surface area contributed by atoms with E-state index in [1.54, 1.807) is 36.7 Å². The molecular formula is C22H26N4O2S. The Morgan fingerprint density at radius 1 is 1.14 bits per heavy atom. The van der Waals surface area contributed by atoms with Crippen LogP contribution in [0.4, 0.5) is 5.13 Å². The van der Waals surface area contributed by atoms with Crippen molar-refractivity contribution in [2.75, 3.05) is 18.9 Å². The number of benzene rings is 1. The first kappa shape index (κ1) is 19.6. The largest absolute Gasteiger partial charge is 0.457 e. The average molecular weight is 411 g/mol. The number of pyridine rings is 1. The summed E-state index contributed by atoms with van der Waals surface area (Å²) in [7, 11) is 1.58. The maximum absolute atomic E-state index is 11.7. The lowest BCUT2D eigenvalue weighted by Crippen LogP contribution is -2.18. The molecule has 1 fully saturated rings. The minimum Gasteiger partial charge on any atom is -0.457 e. The average Bonchev–Trinajstić information content (AvgIpc) is 2.96. The Morgan fingerprint density at radius 2 is 1.93 bits per heavy atom. The van der Waals surface area contributed by atoms with Crippen molar-refractivity contribution in [3.8, 4) is 11.5 Å². The third kappa shape index (κ3) is 5.03. The number of carbonyl (C=O) groups excluding carboxylic acids is 1. The van der Waals surface area contributed by atoms with Gasteiger partial charge in [0.05, 0.1) is 10.2 Å². The highest BCUT2D eigenvalue weighted by atomic mass is 32.1. The first-order chi connectivity index (χ1) is 14.2. The Labute approximate surface area is 174 Å². The Kier molecular flexibility index (Phi) is 6.24. The quantitative estimate of drug-likeness (QED) is 0.545. The fraction of sp³-hybridized carbons (Fsp3) is 0.409. The molecule has 0 bridgehead atoms. The second kappa shape index (κ2) is 9.22. The molecule has 3 aromatic rings. The van der Waals surface area contributed by atoms with Crippen LogP contribution >= 0.6 is 11.3 Å². The lowest BCUT2D eigenvalue weighted by molar-refractivity contribution is 0.0958. The predicted octanol–water partition coefficient (Wildman–Crippen LogP) is 5.23. The molecule has 2 N–H and O–H groups in total. The van der Waals surface area contributed by atoms with Gasteiger partial charge in [-0.15, -0.1) is 0 Å². The number of amides is 1. The van der Waals surface area contributed by atoms with Gasteiger partial charge in [-0.3, -0.25) is 9.78 Å². The summed E-state index contributed by atoms with van der Waals surface area (Å²) in [4.78, 5) is 20.5. The van der Waals surface area contributed by atoms with Gasteiger partial charge in [-0.1, -0.05) is 37.0 Å². The van der Waals surface area contributed by atoms with E-state index in [-0.39, 0.29) is 5.91 Å². The summed E-state index contributed by atoms with van der Waals surface area (Å²) in [6.07, 6.45) is 9.67. The van der Waals surface area contributed by atoms with E-state index in [1.807, 2.05) is 18.2 Å². The maximum atomic E-state index is 11.7. The van der Waals surface area contributed by atoms with Gasteiger partial charge in [0.15, 0.2) is 5.13 Å². The number of hydrogen-bond donors (Lipinski definition) is 2. The van der Waals surface area contributed by atoms with Crippen molar-refractivity contribution in [2.24, 2.45) is 5.92 Å². The van der Waals surface area contributed by atoms with Gasteiger partial charge < -0.3 is 15.4 Å². The number of rotatable bonds is 6. The number of nitrogens with one attached hydrogen (secondary N) is 2. The number of hydrogen-bond acceptors (Lipinski definition) is 6. The molecule has 2 aromatic heterocycles. The van der Waals surface area contributed by atoms with E-state index < -0.39 is 0 Å². The zero-order chi connectivity index (χ0) is 20.1. The van der Waals surface area contributed by atoms with Crippen molar-refractivity contribution in [1.82, 2.24) is 15.3 Å². The molecule has 4 rings (SSSR count). The van der Waals surface area contributed by atoms with E-state index in [1.165, 1.54) is 38.5 Å². The SMILES string of the molecule is CNC(=O)c1cc(Oc2ccc3nc(NCC4CCCCCC4)sc3c2)ccn1. The fourth-order valence-corrected chi connectivity index (χ4v) is 4.61. The Morgan fingerprint density at radius 3 is 2.72 bits per heavy atom. The fourth-order valence-electron chi connectivity index (χ4n) is 3.71. The van der Waals surface area contributed by atoms with Crippen molar-refractivity contribution in [3.05, 3.63) is 42.2 Å². The molecule has 0 atom stereocenters. The molecule has 1 saturated carbocycles. The molecule has 152 valence electrons. The zero-order valence-electron chi connectivity index (χ0n) is 16.6. The molecule has 29 heavy (non-hydrogen) atoms. The number of anilines is 1. The number of thiazole rings is 1. The first-order valence-corrected chi connectivity index (χ1v) is 11.0. The van der Waals surface area contributed by atoms with Crippen LogP contribution in [0.25, 0.3) is 10.2 Å². The van der Waals surface area contributed by atoms with Crippen LogP contribution in [-0.4, -0.2) is 29.5 Å². The van der Waals surface area contributed by atoms with E-state index in [9.17, 15) is 4.79 Å². The monoisotopic (exact) mass is 410 g/mol. The van der Waals surface area contributed by atoms with Crippen molar-refractivity contribution < 1.29 is 9.53 Å². The second-order valence-electron chi connectivity index (χ2n) is 7.45. The topological polar surface area (TPSA) is 76.1 Å². The number of ether oxygens (including phenoxy) is 1. The number of nitrogens with zero attached hydrogens (tertiary/aromatic N) is 2. The summed E-state index contributed by atoms with van der Waals surface area (Å²) in [5.41, 5.74) is 1.29. The van der Waals surface area contributed by atoms with Crippen LogP contribution in [0.2, 0.25) is 0 Å². The van der Waals surface area contributed by atoms with E-state index in [0.717, 1.165) is 27.8 Å². The van der Waals surface area contributed by atoms with Gasteiger partial charge in [0.25, 0.3) is 5.91 Å². The van der Waals surface area contributed by atoms with Gasteiger partial charge in [0.1, 0.15) is 17.2 Å². The zero-order valence-corrected chi connectivity index (χ0v) is 17.4. The van der Waals surface area contributed by atoms with Crippen molar-refractivity contribution in [3.63, 3.8) is 0 Å². The lowest BCUT2D eigenvalue weighted by Gasteiger charge is -2.13. The molecule has 2 heterocycles. The van der Waals surface area contributed by atoms with Crippen LogP contribution in [-0.2, 0) is 0 Å². The van der Waals surface area contributed by atoms with Gasteiger partial charge >= 0.3 is 0 Å². The van der Waals surface area contributed by atoms with Crippen molar-refractivity contribution >= 4 is 32.6 Å². The molecule has 1 amide bonds. The van der Waals surface area contributed by atoms with Crippen LogP contribution in [0, 0.1) is 5.92 Å². The molecule has 0 saturated heterocycles. The van der Waals surface area contributed by atoms with Gasteiger partial charge in [0, 0.05) is 31.9 Å². The molecule has 0 radical (unpaired) electrons. The summed E-state index contributed by atoms with van der Waals surface area (Å²) in [6, 6.07) is 9.23. The Bertz CT molecular complexity index is 980. The molecule has 7 heteroatoms. The van der Waals surface area contributed by atoms with Crippen LogP contribution in [0.1, 0.15) is 49.0 Å². The molecule has 0 spiro atoms. The highest BCUT2D eigenvalue weighted by Crippen LogP contribution is 2.32. The third-order valence-electron chi connectivity index (χ3n) is 5.30. The summed E-state index contributed by atoms with van der Waals surface area (Å²) in [5, 5.41) is 7.07.